The molecule has 0 heterocycles. The minimum atomic E-state index is 0.618. The first-order valence-electron chi connectivity index (χ1n) is 6.03. The van der Waals surface area contributed by atoms with Gasteiger partial charge in [-0.1, -0.05) is 30.9 Å². The third-order valence-corrected chi connectivity index (χ3v) is 3.19. The zero-order chi connectivity index (χ0) is 11.4. The molecule has 2 rings (SSSR count). The lowest BCUT2D eigenvalue weighted by molar-refractivity contribution is -0.104. The Kier molecular flexibility index (Phi) is 3.73. The van der Waals surface area contributed by atoms with Gasteiger partial charge >= 0.3 is 0 Å². The van der Waals surface area contributed by atoms with Crippen LogP contribution >= 0.6 is 0 Å². The normalized spacial score (nSPS) is 29.4. The van der Waals surface area contributed by atoms with E-state index in [1.54, 1.807) is 12.2 Å². The van der Waals surface area contributed by atoms with Gasteiger partial charge in [-0.3, -0.25) is 4.79 Å². The van der Waals surface area contributed by atoms with E-state index in [1.807, 2.05) is 6.08 Å². The van der Waals surface area contributed by atoms with Gasteiger partial charge in [-0.25, -0.2) is 0 Å². The van der Waals surface area contributed by atoms with Gasteiger partial charge in [-0.05, 0) is 37.6 Å². The molecule has 0 aromatic rings. The Labute approximate surface area is 97.1 Å². The van der Waals surface area contributed by atoms with Crippen molar-refractivity contribution in [3.63, 3.8) is 0 Å². The summed E-state index contributed by atoms with van der Waals surface area (Å²) in [6, 6.07) is 0.647. The maximum atomic E-state index is 10.6. The van der Waals surface area contributed by atoms with E-state index in [4.69, 9.17) is 0 Å². The van der Waals surface area contributed by atoms with Crippen molar-refractivity contribution in [1.29, 1.82) is 0 Å². The Morgan fingerprint density at radius 2 is 2.25 bits per heavy atom. The highest BCUT2D eigenvalue weighted by Gasteiger charge is 2.35. The zero-order valence-corrected chi connectivity index (χ0v) is 9.56. The Morgan fingerprint density at radius 3 is 2.88 bits per heavy atom. The zero-order valence-electron chi connectivity index (χ0n) is 9.56. The van der Waals surface area contributed by atoms with Gasteiger partial charge in [0.2, 0.25) is 0 Å². The Hall–Kier alpha value is -1.15. The van der Waals surface area contributed by atoms with E-state index in [2.05, 4.69) is 18.0 Å². The van der Waals surface area contributed by atoms with Crippen molar-refractivity contribution in [3.05, 3.63) is 36.5 Å². The van der Waals surface area contributed by atoms with Crippen LogP contribution in [0.1, 0.15) is 19.3 Å². The van der Waals surface area contributed by atoms with Crippen molar-refractivity contribution in [2.75, 3.05) is 6.54 Å². The topological polar surface area (TPSA) is 29.1 Å². The molecule has 86 valence electrons. The summed E-state index contributed by atoms with van der Waals surface area (Å²) in [6.07, 6.45) is 12.3. The monoisotopic (exact) mass is 217 g/mol. The average molecular weight is 217 g/mol. The van der Waals surface area contributed by atoms with Gasteiger partial charge in [0.1, 0.15) is 6.29 Å². The van der Waals surface area contributed by atoms with Crippen LogP contribution in [0.2, 0.25) is 0 Å². The van der Waals surface area contributed by atoms with Gasteiger partial charge < -0.3 is 5.32 Å². The Morgan fingerprint density at radius 1 is 1.44 bits per heavy atom. The fraction of sp³-hybridized carbons (Fsp3) is 0.500. The number of carbonyl (C=O) groups is 1. The lowest BCUT2D eigenvalue weighted by atomic mass is 10.2. The molecule has 0 saturated heterocycles. The van der Waals surface area contributed by atoms with Gasteiger partial charge in [0.15, 0.2) is 0 Å². The highest BCUT2D eigenvalue weighted by atomic mass is 16.1. The maximum absolute atomic E-state index is 10.6. The number of rotatable bonds is 7. The second-order valence-electron chi connectivity index (χ2n) is 4.74. The fourth-order valence-electron chi connectivity index (χ4n) is 1.81. The van der Waals surface area contributed by atoms with Crippen LogP contribution in [0.25, 0.3) is 0 Å². The molecule has 16 heavy (non-hydrogen) atoms. The molecule has 0 aromatic carbocycles. The highest BCUT2D eigenvalue weighted by molar-refractivity contribution is 5.77. The van der Waals surface area contributed by atoms with Crippen molar-refractivity contribution < 1.29 is 4.79 Å². The molecule has 0 radical (unpaired) electrons. The van der Waals surface area contributed by atoms with Crippen LogP contribution in [-0.2, 0) is 4.79 Å². The summed E-state index contributed by atoms with van der Waals surface area (Å²) in [7, 11) is 0. The largest absolute Gasteiger partial charge is 0.313 e. The number of carbonyl (C=O) groups excluding carboxylic acids is 1. The molecule has 2 heteroatoms. The molecular formula is C14H19NO. The SMILES string of the molecule is C=C/C=C(C=O)\C=C\C1CC1NCC1CC1. The second-order valence-corrected chi connectivity index (χ2v) is 4.74. The van der Waals surface area contributed by atoms with Crippen molar-refractivity contribution in [1.82, 2.24) is 5.32 Å². The molecule has 2 atom stereocenters. The molecule has 0 aromatic heterocycles. The molecule has 2 saturated carbocycles. The van der Waals surface area contributed by atoms with Gasteiger partial charge in [0.05, 0.1) is 0 Å². The standard InChI is InChI=1S/C14H19NO/c1-2-3-12(10-16)6-7-13-8-14(13)15-9-11-4-5-11/h2-3,6-7,10-11,13-15H,1,4-5,8-9H2/b7-6+,12-3+. The fourth-order valence-corrected chi connectivity index (χ4v) is 1.81. The first-order chi connectivity index (χ1) is 7.83. The summed E-state index contributed by atoms with van der Waals surface area (Å²) in [5.41, 5.74) is 0.697. The van der Waals surface area contributed by atoms with E-state index in [0.29, 0.717) is 17.5 Å². The van der Waals surface area contributed by atoms with E-state index in [9.17, 15) is 4.79 Å². The second kappa shape index (κ2) is 5.26. The Bertz CT molecular complexity index is 326. The minimum Gasteiger partial charge on any atom is -0.313 e. The van der Waals surface area contributed by atoms with Crippen LogP contribution in [-0.4, -0.2) is 18.9 Å². The van der Waals surface area contributed by atoms with Crippen LogP contribution in [0.5, 0.6) is 0 Å². The quantitative estimate of drug-likeness (QED) is 0.402. The van der Waals surface area contributed by atoms with E-state index in [1.165, 1.54) is 25.8 Å². The lowest BCUT2D eigenvalue weighted by Gasteiger charge is -1.99. The molecule has 2 aliphatic rings. The third-order valence-electron chi connectivity index (χ3n) is 3.19. The summed E-state index contributed by atoms with van der Waals surface area (Å²) >= 11 is 0. The van der Waals surface area contributed by atoms with Crippen molar-refractivity contribution in [2.45, 2.75) is 25.3 Å². The highest BCUT2D eigenvalue weighted by Crippen LogP contribution is 2.34. The molecule has 0 amide bonds. The molecular weight excluding hydrogens is 198 g/mol. The van der Waals surface area contributed by atoms with E-state index >= 15 is 0 Å². The summed E-state index contributed by atoms with van der Waals surface area (Å²) in [5, 5.41) is 3.56. The molecule has 2 nitrogen and oxygen atoms in total. The molecule has 0 bridgehead atoms. The first kappa shape index (κ1) is 11.3. The van der Waals surface area contributed by atoms with Crippen molar-refractivity contribution in [2.24, 2.45) is 11.8 Å². The molecule has 2 unspecified atom stereocenters. The molecule has 0 aliphatic heterocycles. The van der Waals surface area contributed by atoms with E-state index in [-0.39, 0.29) is 0 Å². The third kappa shape index (κ3) is 3.46. The van der Waals surface area contributed by atoms with Crippen molar-refractivity contribution >= 4 is 6.29 Å². The van der Waals surface area contributed by atoms with Crippen LogP contribution in [0.3, 0.4) is 0 Å². The maximum Gasteiger partial charge on any atom is 0.150 e. The Balaban J connectivity index is 1.69. The van der Waals surface area contributed by atoms with Crippen LogP contribution in [0.4, 0.5) is 0 Å². The van der Waals surface area contributed by atoms with Gasteiger partial charge in [0, 0.05) is 11.6 Å². The molecule has 2 aliphatic carbocycles. The van der Waals surface area contributed by atoms with Crippen molar-refractivity contribution in [3.8, 4) is 0 Å². The summed E-state index contributed by atoms with van der Waals surface area (Å²) in [4.78, 5) is 10.6. The number of aldehydes is 1. The summed E-state index contributed by atoms with van der Waals surface area (Å²) < 4.78 is 0. The smallest absolute Gasteiger partial charge is 0.150 e. The molecule has 1 N–H and O–H groups in total. The minimum absolute atomic E-state index is 0.618. The predicted octanol–water partition coefficient (Wildman–Crippen LogP) is 2.24. The van der Waals surface area contributed by atoms with Gasteiger partial charge in [0.25, 0.3) is 0 Å². The van der Waals surface area contributed by atoms with E-state index < -0.39 is 0 Å². The van der Waals surface area contributed by atoms with Crippen LogP contribution in [0, 0.1) is 11.8 Å². The average Bonchev–Trinajstić information content (AvgIpc) is 3.14. The number of nitrogens with one attached hydrogen (secondary N) is 1. The molecule has 0 spiro atoms. The van der Waals surface area contributed by atoms with Gasteiger partial charge in [-0.2, -0.15) is 0 Å². The van der Waals surface area contributed by atoms with Crippen LogP contribution < -0.4 is 5.32 Å². The summed E-state index contributed by atoms with van der Waals surface area (Å²) in [5.74, 6) is 1.56. The van der Waals surface area contributed by atoms with E-state index in [0.717, 1.165) is 12.2 Å². The number of hydrogen-bond donors (Lipinski definition) is 1. The summed E-state index contributed by atoms with van der Waals surface area (Å²) in [6.45, 7) is 4.76. The van der Waals surface area contributed by atoms with Crippen LogP contribution in [0.15, 0.2) is 36.5 Å². The number of allylic oxidation sites excluding steroid dienone is 4. The number of hydrogen-bond acceptors (Lipinski definition) is 2. The lowest BCUT2D eigenvalue weighted by Crippen LogP contribution is -2.20. The first-order valence-corrected chi connectivity index (χ1v) is 6.03. The van der Waals surface area contributed by atoms with Gasteiger partial charge in [-0.15, -0.1) is 0 Å². The molecule has 2 fully saturated rings. The predicted molar refractivity (Wildman–Crippen MR) is 66.1 cm³/mol.